The van der Waals surface area contributed by atoms with Crippen molar-refractivity contribution < 1.29 is 19.1 Å². The molecule has 0 aliphatic carbocycles. The Morgan fingerprint density at radius 1 is 1.35 bits per heavy atom. The molecule has 1 aliphatic heterocycles. The number of thiazole rings is 1. The molecule has 0 saturated carbocycles. The van der Waals surface area contributed by atoms with E-state index in [1.807, 2.05) is 0 Å². The molecule has 1 amide bonds. The molecule has 0 bridgehead atoms. The Morgan fingerprint density at radius 3 is 2.61 bits per heavy atom. The van der Waals surface area contributed by atoms with Gasteiger partial charge in [0.15, 0.2) is 10.8 Å². The topological polar surface area (TPSA) is 70.5 Å². The molecular weight excluding hydrogens is 319 g/mol. The number of benzene rings is 1. The maximum Gasteiger partial charge on any atom is 0.274 e. The molecule has 0 radical (unpaired) electrons. The van der Waals surface area contributed by atoms with Gasteiger partial charge >= 0.3 is 0 Å². The van der Waals surface area contributed by atoms with E-state index >= 15 is 0 Å². The molecule has 23 heavy (non-hydrogen) atoms. The van der Waals surface area contributed by atoms with Gasteiger partial charge in [-0.2, -0.15) is 0 Å². The Labute approximate surface area is 136 Å². The first-order valence-corrected chi connectivity index (χ1v) is 8.02. The lowest BCUT2D eigenvalue weighted by Gasteiger charge is -2.14. The number of carbonyl (C=O) groups excluding carboxylic acids is 2. The molecule has 1 unspecified atom stereocenters. The van der Waals surface area contributed by atoms with E-state index in [0.29, 0.717) is 23.4 Å². The average Bonchev–Trinajstić information content (AvgIpc) is 3.14. The summed E-state index contributed by atoms with van der Waals surface area (Å²) in [6, 6.07) is 5.72. The molecule has 2 aromatic rings. The third kappa shape index (κ3) is 3.16. The highest BCUT2D eigenvalue weighted by Gasteiger charge is 2.30. The second kappa shape index (κ2) is 6.17. The number of aliphatic hydroxyl groups is 1. The number of likely N-dealkylation sites (tertiary alicyclic amines) is 1. The van der Waals surface area contributed by atoms with Gasteiger partial charge in [-0.15, -0.1) is 11.3 Å². The Hall–Kier alpha value is -2.12. The van der Waals surface area contributed by atoms with Gasteiger partial charge in [-0.05, 0) is 24.1 Å². The zero-order valence-corrected chi connectivity index (χ0v) is 13.3. The Bertz CT molecular complexity index is 757. The first kappa shape index (κ1) is 15.8. The number of halogens is 1. The van der Waals surface area contributed by atoms with E-state index < -0.39 is 6.10 Å². The van der Waals surface area contributed by atoms with Gasteiger partial charge in [-0.3, -0.25) is 9.59 Å². The highest BCUT2D eigenvalue weighted by atomic mass is 32.1. The van der Waals surface area contributed by atoms with Crippen LogP contribution in [-0.2, 0) is 0 Å². The van der Waals surface area contributed by atoms with Gasteiger partial charge in [-0.25, -0.2) is 9.37 Å². The standard InChI is InChI=1S/C16H15FN2O3S/c1-9(20)15-18-13(16(22)19-7-6-12(21)8-19)14(23-15)10-2-4-11(17)5-3-10/h2-5,12,21H,6-8H2,1H3. The zero-order chi connectivity index (χ0) is 16.6. The summed E-state index contributed by atoms with van der Waals surface area (Å²) >= 11 is 1.12. The largest absolute Gasteiger partial charge is 0.391 e. The lowest BCUT2D eigenvalue weighted by molar-refractivity contribution is 0.0760. The number of ketones is 1. The van der Waals surface area contributed by atoms with E-state index in [2.05, 4.69) is 4.98 Å². The van der Waals surface area contributed by atoms with Crippen LogP contribution in [-0.4, -0.2) is 45.9 Å². The van der Waals surface area contributed by atoms with Crippen LogP contribution in [0.5, 0.6) is 0 Å². The van der Waals surface area contributed by atoms with Crippen LogP contribution in [0.2, 0.25) is 0 Å². The van der Waals surface area contributed by atoms with Crippen molar-refractivity contribution in [2.75, 3.05) is 13.1 Å². The highest BCUT2D eigenvalue weighted by molar-refractivity contribution is 7.17. The van der Waals surface area contributed by atoms with Gasteiger partial charge in [0.25, 0.3) is 5.91 Å². The van der Waals surface area contributed by atoms with Crippen LogP contribution in [0.25, 0.3) is 10.4 Å². The summed E-state index contributed by atoms with van der Waals surface area (Å²) in [4.78, 5) is 30.5. The van der Waals surface area contributed by atoms with Crippen LogP contribution in [0.4, 0.5) is 4.39 Å². The molecule has 1 saturated heterocycles. The van der Waals surface area contributed by atoms with Crippen molar-refractivity contribution in [3.05, 3.63) is 40.8 Å². The number of hydrogen-bond donors (Lipinski definition) is 1. The molecule has 3 rings (SSSR count). The predicted molar refractivity (Wildman–Crippen MR) is 84.0 cm³/mol. The van der Waals surface area contributed by atoms with E-state index in [4.69, 9.17) is 0 Å². The molecule has 1 aromatic heterocycles. The van der Waals surface area contributed by atoms with E-state index in [1.165, 1.54) is 24.0 Å². The normalized spacial score (nSPS) is 17.5. The summed E-state index contributed by atoms with van der Waals surface area (Å²) < 4.78 is 13.1. The Kier molecular flexibility index (Phi) is 4.23. The molecule has 2 heterocycles. The number of carbonyl (C=O) groups is 2. The number of nitrogens with zero attached hydrogens (tertiary/aromatic N) is 2. The second-order valence-corrected chi connectivity index (χ2v) is 6.45. The number of aromatic nitrogens is 1. The molecule has 5 nitrogen and oxygen atoms in total. The summed E-state index contributed by atoms with van der Waals surface area (Å²) in [7, 11) is 0. The van der Waals surface area contributed by atoms with Crippen LogP contribution >= 0.6 is 11.3 Å². The average molecular weight is 334 g/mol. The van der Waals surface area contributed by atoms with Crippen molar-refractivity contribution in [3.63, 3.8) is 0 Å². The fourth-order valence-corrected chi connectivity index (χ4v) is 3.45. The van der Waals surface area contributed by atoms with E-state index in [1.54, 1.807) is 12.1 Å². The van der Waals surface area contributed by atoms with Crippen molar-refractivity contribution in [3.8, 4) is 10.4 Å². The van der Waals surface area contributed by atoms with Crippen molar-refractivity contribution in [2.24, 2.45) is 0 Å². The van der Waals surface area contributed by atoms with Gasteiger partial charge in [-0.1, -0.05) is 12.1 Å². The van der Waals surface area contributed by atoms with E-state index in [0.717, 1.165) is 11.3 Å². The van der Waals surface area contributed by atoms with Gasteiger partial charge in [0.2, 0.25) is 0 Å². The van der Waals surface area contributed by atoms with Gasteiger partial charge < -0.3 is 10.0 Å². The Balaban J connectivity index is 2.02. The molecule has 7 heteroatoms. The number of aliphatic hydroxyl groups excluding tert-OH is 1. The van der Waals surface area contributed by atoms with E-state index in [9.17, 15) is 19.1 Å². The quantitative estimate of drug-likeness (QED) is 0.875. The number of Topliss-reactive ketones (excluding diaryl/α,β-unsaturated/α-hetero) is 1. The lowest BCUT2D eigenvalue weighted by atomic mass is 10.1. The molecule has 120 valence electrons. The van der Waals surface area contributed by atoms with E-state index in [-0.39, 0.29) is 34.8 Å². The summed E-state index contributed by atoms with van der Waals surface area (Å²) in [6.45, 7) is 2.10. The first-order valence-electron chi connectivity index (χ1n) is 7.20. The molecule has 1 fully saturated rings. The molecule has 1 aliphatic rings. The van der Waals surface area contributed by atoms with Gasteiger partial charge in [0.05, 0.1) is 11.0 Å². The highest BCUT2D eigenvalue weighted by Crippen LogP contribution is 2.32. The predicted octanol–water partition coefficient (Wildman–Crippen LogP) is 2.36. The molecule has 0 spiro atoms. The fourth-order valence-electron chi connectivity index (χ4n) is 2.49. The summed E-state index contributed by atoms with van der Waals surface area (Å²) in [5.74, 6) is -0.913. The van der Waals surface area contributed by atoms with Crippen molar-refractivity contribution in [1.82, 2.24) is 9.88 Å². The smallest absolute Gasteiger partial charge is 0.274 e. The first-order chi connectivity index (χ1) is 11.0. The Morgan fingerprint density at radius 2 is 2.04 bits per heavy atom. The number of hydrogen-bond acceptors (Lipinski definition) is 5. The van der Waals surface area contributed by atoms with Crippen molar-refractivity contribution in [1.29, 1.82) is 0 Å². The summed E-state index contributed by atoms with van der Waals surface area (Å²) in [6.07, 6.45) is 0.000512. The minimum Gasteiger partial charge on any atom is -0.391 e. The summed E-state index contributed by atoms with van der Waals surface area (Å²) in [5.41, 5.74) is 0.820. The molecule has 1 atom stereocenters. The zero-order valence-electron chi connectivity index (χ0n) is 12.5. The van der Waals surface area contributed by atoms with Crippen molar-refractivity contribution in [2.45, 2.75) is 19.4 Å². The lowest BCUT2D eigenvalue weighted by Crippen LogP contribution is -2.30. The molecular formula is C16H15FN2O3S. The number of rotatable bonds is 3. The van der Waals surface area contributed by atoms with Crippen LogP contribution in [0.15, 0.2) is 24.3 Å². The number of β-amino-alcohol motifs (C(OH)–C–C–N with tert-alkyl or cyclic N) is 1. The minimum atomic E-state index is -0.529. The van der Waals surface area contributed by atoms with Gasteiger partial charge in [0.1, 0.15) is 11.5 Å². The second-order valence-electron chi connectivity index (χ2n) is 5.45. The third-order valence-electron chi connectivity index (χ3n) is 3.69. The van der Waals surface area contributed by atoms with Crippen LogP contribution in [0.1, 0.15) is 33.6 Å². The summed E-state index contributed by atoms with van der Waals surface area (Å²) in [5, 5.41) is 9.84. The number of amides is 1. The molecule has 1 aromatic carbocycles. The van der Waals surface area contributed by atoms with Crippen LogP contribution in [0, 0.1) is 5.82 Å². The fraction of sp³-hybridized carbons (Fsp3) is 0.312. The maximum atomic E-state index is 13.1. The van der Waals surface area contributed by atoms with Gasteiger partial charge in [0, 0.05) is 20.0 Å². The molecule has 1 N–H and O–H groups in total. The monoisotopic (exact) mass is 334 g/mol. The SMILES string of the molecule is CC(=O)c1nc(C(=O)N2CCC(O)C2)c(-c2ccc(F)cc2)s1. The third-order valence-corrected chi connectivity index (χ3v) is 4.89. The minimum absolute atomic E-state index is 0.181. The van der Waals surface area contributed by atoms with Crippen molar-refractivity contribution >= 4 is 23.0 Å². The van der Waals surface area contributed by atoms with Crippen LogP contribution in [0.3, 0.4) is 0 Å². The van der Waals surface area contributed by atoms with Crippen LogP contribution < -0.4 is 0 Å². The maximum absolute atomic E-state index is 13.1.